The zero-order valence-corrected chi connectivity index (χ0v) is 20.4. The molecule has 3 saturated heterocycles. The minimum Gasteiger partial charge on any atom is -0.377 e. The molecule has 0 radical (unpaired) electrons. The van der Waals surface area contributed by atoms with Gasteiger partial charge < -0.3 is 19.9 Å². The normalized spacial score (nSPS) is 31.8. The van der Waals surface area contributed by atoms with Crippen molar-refractivity contribution in [3.63, 3.8) is 0 Å². The molecule has 186 valence electrons. The van der Waals surface area contributed by atoms with Gasteiger partial charge in [-0.25, -0.2) is 0 Å². The highest BCUT2D eigenvalue weighted by atomic mass is 16.5. The van der Waals surface area contributed by atoms with E-state index in [9.17, 15) is 9.59 Å². The number of hydrogen-bond donors (Lipinski definition) is 1. The van der Waals surface area contributed by atoms with Gasteiger partial charge in [0, 0.05) is 57.8 Å². The highest BCUT2D eigenvalue weighted by Gasteiger charge is 2.47. The summed E-state index contributed by atoms with van der Waals surface area (Å²) < 4.78 is 6.03. The van der Waals surface area contributed by atoms with E-state index >= 15 is 0 Å². The molecular formula is C26H44N4O3. The Kier molecular flexibility index (Phi) is 7.88. The second kappa shape index (κ2) is 11.0. The molecule has 7 heteroatoms. The first-order chi connectivity index (χ1) is 16.2. The zero-order valence-electron chi connectivity index (χ0n) is 20.4. The summed E-state index contributed by atoms with van der Waals surface area (Å²) in [5, 5.41) is 3.40. The SMILES string of the molecule is O=C(C1CC(N(CC2CCCCC2)CC2CCCO2)CN1C(=O)C1CC1)N1CCCNCC1. The van der Waals surface area contributed by atoms with E-state index in [-0.39, 0.29) is 29.8 Å². The van der Waals surface area contributed by atoms with Gasteiger partial charge in [0.2, 0.25) is 11.8 Å². The molecule has 0 aromatic carbocycles. The van der Waals surface area contributed by atoms with Crippen molar-refractivity contribution in [1.29, 1.82) is 0 Å². The molecule has 1 N–H and O–H groups in total. The van der Waals surface area contributed by atoms with E-state index in [0.29, 0.717) is 6.10 Å². The Morgan fingerprint density at radius 2 is 1.73 bits per heavy atom. The van der Waals surface area contributed by atoms with E-state index in [4.69, 9.17) is 4.74 Å². The first kappa shape index (κ1) is 23.6. The maximum Gasteiger partial charge on any atom is 0.245 e. The van der Waals surface area contributed by atoms with Gasteiger partial charge in [0.05, 0.1) is 6.10 Å². The molecule has 0 aromatic heterocycles. The summed E-state index contributed by atoms with van der Waals surface area (Å²) >= 11 is 0. The number of amides is 2. The second-order valence-electron chi connectivity index (χ2n) is 11.2. The average Bonchev–Trinajstić information content (AvgIpc) is 3.49. The van der Waals surface area contributed by atoms with Crippen molar-refractivity contribution >= 4 is 11.8 Å². The molecule has 0 aromatic rings. The van der Waals surface area contributed by atoms with E-state index in [0.717, 1.165) is 96.9 Å². The molecule has 5 rings (SSSR count). The molecule has 3 atom stereocenters. The number of nitrogens with zero attached hydrogens (tertiary/aromatic N) is 3. The van der Waals surface area contributed by atoms with Gasteiger partial charge in [0.25, 0.3) is 0 Å². The van der Waals surface area contributed by atoms with Crippen LogP contribution in [0.25, 0.3) is 0 Å². The van der Waals surface area contributed by atoms with Gasteiger partial charge >= 0.3 is 0 Å². The molecule has 3 heterocycles. The lowest BCUT2D eigenvalue weighted by molar-refractivity contribution is -0.144. The second-order valence-corrected chi connectivity index (χ2v) is 11.2. The summed E-state index contributed by atoms with van der Waals surface area (Å²) in [5.74, 6) is 1.33. The molecule has 3 unspecified atom stereocenters. The van der Waals surface area contributed by atoms with Crippen LogP contribution < -0.4 is 5.32 Å². The van der Waals surface area contributed by atoms with Crippen molar-refractivity contribution in [3.05, 3.63) is 0 Å². The maximum absolute atomic E-state index is 13.7. The first-order valence-corrected chi connectivity index (χ1v) is 13.8. The van der Waals surface area contributed by atoms with E-state index in [1.54, 1.807) is 0 Å². The zero-order chi connectivity index (χ0) is 22.6. The van der Waals surface area contributed by atoms with Gasteiger partial charge in [-0.1, -0.05) is 19.3 Å². The Morgan fingerprint density at radius 1 is 0.879 bits per heavy atom. The first-order valence-electron chi connectivity index (χ1n) is 13.8. The van der Waals surface area contributed by atoms with E-state index in [2.05, 4.69) is 10.2 Å². The molecule has 3 aliphatic heterocycles. The summed E-state index contributed by atoms with van der Waals surface area (Å²) in [6.45, 7) is 7.04. The minimum absolute atomic E-state index is 0.162. The highest BCUT2D eigenvalue weighted by Crippen LogP contribution is 2.36. The van der Waals surface area contributed by atoms with Crippen molar-refractivity contribution in [2.45, 2.75) is 88.8 Å². The molecule has 33 heavy (non-hydrogen) atoms. The number of likely N-dealkylation sites (tertiary alicyclic amines) is 1. The molecule has 2 amide bonds. The topological polar surface area (TPSA) is 65.1 Å². The average molecular weight is 461 g/mol. The van der Waals surface area contributed by atoms with Gasteiger partial charge in [-0.3, -0.25) is 14.5 Å². The van der Waals surface area contributed by atoms with Crippen LogP contribution in [0, 0.1) is 11.8 Å². The molecule has 7 nitrogen and oxygen atoms in total. The van der Waals surface area contributed by atoms with Crippen LogP contribution >= 0.6 is 0 Å². The fraction of sp³-hybridized carbons (Fsp3) is 0.923. The highest BCUT2D eigenvalue weighted by molar-refractivity contribution is 5.90. The fourth-order valence-corrected chi connectivity index (χ4v) is 6.52. The third-order valence-corrected chi connectivity index (χ3v) is 8.62. The Bertz CT molecular complexity index is 664. The van der Waals surface area contributed by atoms with Gasteiger partial charge in [-0.15, -0.1) is 0 Å². The lowest BCUT2D eigenvalue weighted by atomic mass is 9.88. The predicted molar refractivity (Wildman–Crippen MR) is 128 cm³/mol. The van der Waals surface area contributed by atoms with Gasteiger partial charge in [0.1, 0.15) is 6.04 Å². The molecule has 0 spiro atoms. The van der Waals surface area contributed by atoms with E-state index < -0.39 is 0 Å². The van der Waals surface area contributed by atoms with Crippen LogP contribution in [-0.4, -0.2) is 97.1 Å². The molecular weight excluding hydrogens is 416 g/mol. The number of nitrogens with one attached hydrogen (secondary N) is 1. The van der Waals surface area contributed by atoms with Crippen LogP contribution in [0.1, 0.15) is 70.6 Å². The fourth-order valence-electron chi connectivity index (χ4n) is 6.52. The van der Waals surface area contributed by atoms with E-state index in [1.807, 2.05) is 9.80 Å². The summed E-state index contributed by atoms with van der Waals surface area (Å²) in [6.07, 6.45) is 13.1. The molecule has 2 saturated carbocycles. The smallest absolute Gasteiger partial charge is 0.245 e. The number of carbonyl (C=O) groups excluding carboxylic acids is 2. The van der Waals surface area contributed by atoms with Crippen LogP contribution in [-0.2, 0) is 14.3 Å². The third kappa shape index (κ3) is 5.91. The van der Waals surface area contributed by atoms with Gasteiger partial charge in [-0.05, 0) is 63.8 Å². The number of rotatable bonds is 7. The number of hydrogen-bond acceptors (Lipinski definition) is 5. The van der Waals surface area contributed by atoms with Crippen molar-refractivity contribution < 1.29 is 14.3 Å². The van der Waals surface area contributed by atoms with Crippen molar-refractivity contribution in [1.82, 2.24) is 20.0 Å². The lowest BCUT2D eigenvalue weighted by Gasteiger charge is -2.35. The summed E-state index contributed by atoms with van der Waals surface area (Å²) in [7, 11) is 0. The summed E-state index contributed by atoms with van der Waals surface area (Å²) in [5.41, 5.74) is 0. The quantitative estimate of drug-likeness (QED) is 0.631. The molecule has 0 bridgehead atoms. The molecule has 5 aliphatic rings. The Labute approximate surface area is 199 Å². The largest absolute Gasteiger partial charge is 0.377 e. The Hall–Kier alpha value is -1.18. The minimum atomic E-state index is -0.278. The summed E-state index contributed by atoms with van der Waals surface area (Å²) in [6, 6.07) is -0.00238. The maximum atomic E-state index is 13.7. The summed E-state index contributed by atoms with van der Waals surface area (Å²) in [4.78, 5) is 33.6. The lowest BCUT2D eigenvalue weighted by Crippen LogP contribution is -2.49. The predicted octanol–water partition coefficient (Wildman–Crippen LogP) is 2.25. The van der Waals surface area contributed by atoms with Crippen molar-refractivity contribution in [2.24, 2.45) is 11.8 Å². The third-order valence-electron chi connectivity index (χ3n) is 8.62. The van der Waals surface area contributed by atoms with Gasteiger partial charge in [0.15, 0.2) is 0 Å². The van der Waals surface area contributed by atoms with Crippen molar-refractivity contribution in [3.8, 4) is 0 Å². The van der Waals surface area contributed by atoms with E-state index in [1.165, 1.54) is 32.1 Å². The van der Waals surface area contributed by atoms with Crippen LogP contribution in [0.15, 0.2) is 0 Å². The van der Waals surface area contributed by atoms with Gasteiger partial charge in [-0.2, -0.15) is 0 Å². The van der Waals surface area contributed by atoms with Crippen molar-refractivity contribution in [2.75, 3.05) is 52.4 Å². The molecule has 2 aliphatic carbocycles. The Morgan fingerprint density at radius 3 is 2.48 bits per heavy atom. The standard InChI is InChI=1S/C26H44N4O3/c31-25(21-9-10-21)30-18-22(16-24(30)26(32)28-13-5-11-27-12-14-28)29(19-23-8-4-15-33-23)17-20-6-2-1-3-7-20/h20-24,27H,1-19H2. The number of carbonyl (C=O) groups is 2. The molecule has 5 fully saturated rings. The monoisotopic (exact) mass is 460 g/mol. The Balaban J connectivity index is 1.31. The van der Waals surface area contributed by atoms with Crippen LogP contribution in [0.2, 0.25) is 0 Å². The van der Waals surface area contributed by atoms with Crippen LogP contribution in [0.3, 0.4) is 0 Å². The van der Waals surface area contributed by atoms with Crippen LogP contribution in [0.5, 0.6) is 0 Å². The van der Waals surface area contributed by atoms with Crippen LogP contribution in [0.4, 0.5) is 0 Å². The number of ether oxygens (including phenoxy) is 1.